The summed E-state index contributed by atoms with van der Waals surface area (Å²) in [6.45, 7) is 0. The SMILES string of the molecule is FC(F)(F)c1ccc(N/N=C/c2sc(Nc3ccccc3)nc2Cl)nc1. The zero-order valence-electron chi connectivity index (χ0n) is 13.0. The first-order valence-corrected chi connectivity index (χ1v) is 8.42. The summed E-state index contributed by atoms with van der Waals surface area (Å²) in [5, 5.41) is 7.90. The summed E-state index contributed by atoms with van der Waals surface area (Å²) >= 11 is 7.35. The molecule has 2 N–H and O–H groups in total. The fourth-order valence-corrected chi connectivity index (χ4v) is 2.92. The van der Waals surface area contributed by atoms with Crippen LogP contribution in [0.2, 0.25) is 5.15 Å². The van der Waals surface area contributed by atoms with Crippen LogP contribution < -0.4 is 10.7 Å². The number of hydrogen-bond acceptors (Lipinski definition) is 6. The third-order valence-electron chi connectivity index (χ3n) is 3.09. The van der Waals surface area contributed by atoms with Gasteiger partial charge in [0.25, 0.3) is 0 Å². The van der Waals surface area contributed by atoms with Crippen molar-refractivity contribution in [3.8, 4) is 0 Å². The molecule has 0 atom stereocenters. The molecule has 0 aliphatic heterocycles. The van der Waals surface area contributed by atoms with E-state index in [0.29, 0.717) is 10.0 Å². The number of alkyl halides is 3. The van der Waals surface area contributed by atoms with Gasteiger partial charge in [-0.3, -0.25) is 5.43 Å². The second-order valence-corrected chi connectivity index (χ2v) is 6.35. The Labute approximate surface area is 155 Å². The first kappa shape index (κ1) is 18.2. The third-order valence-corrected chi connectivity index (χ3v) is 4.39. The predicted molar refractivity (Wildman–Crippen MR) is 97.3 cm³/mol. The zero-order valence-corrected chi connectivity index (χ0v) is 14.5. The summed E-state index contributed by atoms with van der Waals surface area (Å²) in [7, 11) is 0. The van der Waals surface area contributed by atoms with E-state index in [1.807, 2.05) is 30.3 Å². The van der Waals surface area contributed by atoms with Gasteiger partial charge in [0.1, 0.15) is 5.82 Å². The van der Waals surface area contributed by atoms with E-state index in [2.05, 4.69) is 25.8 Å². The van der Waals surface area contributed by atoms with Gasteiger partial charge in [-0.25, -0.2) is 9.97 Å². The third kappa shape index (κ3) is 4.70. The lowest BCUT2D eigenvalue weighted by Gasteiger charge is -2.06. The maximum absolute atomic E-state index is 12.5. The summed E-state index contributed by atoms with van der Waals surface area (Å²) in [5.41, 5.74) is 2.59. The molecule has 0 bridgehead atoms. The van der Waals surface area contributed by atoms with Crippen LogP contribution in [-0.2, 0) is 6.18 Å². The van der Waals surface area contributed by atoms with Gasteiger partial charge in [-0.15, -0.1) is 0 Å². The van der Waals surface area contributed by atoms with Gasteiger partial charge in [0.2, 0.25) is 0 Å². The number of nitrogens with one attached hydrogen (secondary N) is 2. The molecule has 0 aliphatic carbocycles. The van der Waals surface area contributed by atoms with Gasteiger partial charge in [0, 0.05) is 11.9 Å². The zero-order chi connectivity index (χ0) is 18.6. The predicted octanol–water partition coefficient (Wildman–Crippen LogP) is 5.40. The Balaban J connectivity index is 1.63. The molecule has 3 aromatic rings. The molecule has 2 heterocycles. The second-order valence-electron chi connectivity index (χ2n) is 4.96. The van der Waals surface area contributed by atoms with Gasteiger partial charge in [-0.1, -0.05) is 41.1 Å². The molecule has 0 radical (unpaired) electrons. The van der Waals surface area contributed by atoms with E-state index in [1.165, 1.54) is 23.6 Å². The molecule has 0 saturated heterocycles. The Morgan fingerprint density at radius 1 is 1.12 bits per heavy atom. The summed E-state index contributed by atoms with van der Waals surface area (Å²) in [6.07, 6.45) is -2.26. The Kier molecular flexibility index (Phi) is 5.38. The molecule has 0 unspecified atom stereocenters. The van der Waals surface area contributed by atoms with Crippen LogP contribution >= 0.6 is 22.9 Å². The average molecular weight is 398 g/mol. The minimum Gasteiger partial charge on any atom is -0.331 e. The Morgan fingerprint density at radius 2 is 1.88 bits per heavy atom. The molecular weight excluding hydrogens is 387 g/mol. The van der Waals surface area contributed by atoms with Crippen molar-refractivity contribution < 1.29 is 13.2 Å². The summed E-state index contributed by atoms with van der Waals surface area (Å²) in [4.78, 5) is 8.43. The van der Waals surface area contributed by atoms with Crippen molar-refractivity contribution in [2.24, 2.45) is 5.10 Å². The monoisotopic (exact) mass is 397 g/mol. The number of para-hydroxylation sites is 1. The quantitative estimate of drug-likeness (QED) is 0.447. The van der Waals surface area contributed by atoms with Crippen molar-refractivity contribution in [1.29, 1.82) is 0 Å². The van der Waals surface area contributed by atoms with Crippen LogP contribution in [0.4, 0.5) is 29.8 Å². The minimum atomic E-state index is -4.42. The lowest BCUT2D eigenvalue weighted by molar-refractivity contribution is -0.137. The Bertz CT molecular complexity index is 894. The first-order valence-electron chi connectivity index (χ1n) is 7.22. The second kappa shape index (κ2) is 7.71. The highest BCUT2D eigenvalue weighted by Crippen LogP contribution is 2.29. The normalized spacial score (nSPS) is 11.7. The van der Waals surface area contributed by atoms with E-state index >= 15 is 0 Å². The maximum Gasteiger partial charge on any atom is 0.417 e. The number of halogens is 4. The minimum absolute atomic E-state index is 0.178. The van der Waals surface area contributed by atoms with E-state index in [0.717, 1.165) is 18.0 Å². The van der Waals surface area contributed by atoms with Crippen LogP contribution in [-0.4, -0.2) is 16.2 Å². The number of anilines is 3. The maximum atomic E-state index is 12.5. The van der Waals surface area contributed by atoms with Crippen molar-refractivity contribution >= 4 is 45.8 Å². The number of benzene rings is 1. The molecule has 5 nitrogen and oxygen atoms in total. The number of pyridine rings is 1. The molecule has 10 heteroatoms. The molecule has 0 spiro atoms. The fraction of sp³-hybridized carbons (Fsp3) is 0.0625. The number of rotatable bonds is 5. The van der Waals surface area contributed by atoms with E-state index in [9.17, 15) is 13.2 Å². The fourth-order valence-electron chi connectivity index (χ4n) is 1.88. The highest BCUT2D eigenvalue weighted by molar-refractivity contribution is 7.17. The lowest BCUT2D eigenvalue weighted by Crippen LogP contribution is -2.05. The molecule has 0 aliphatic rings. The van der Waals surface area contributed by atoms with Crippen molar-refractivity contribution in [3.05, 3.63) is 64.3 Å². The Hall–Kier alpha value is -2.65. The van der Waals surface area contributed by atoms with Gasteiger partial charge in [0.05, 0.1) is 16.7 Å². The van der Waals surface area contributed by atoms with E-state index < -0.39 is 11.7 Å². The van der Waals surface area contributed by atoms with Crippen LogP contribution in [0.15, 0.2) is 53.8 Å². The van der Waals surface area contributed by atoms with Crippen molar-refractivity contribution in [2.75, 3.05) is 10.7 Å². The summed E-state index contributed by atoms with van der Waals surface area (Å²) in [6, 6.07) is 11.6. The van der Waals surface area contributed by atoms with Crippen LogP contribution in [0.3, 0.4) is 0 Å². The Morgan fingerprint density at radius 3 is 2.54 bits per heavy atom. The standard InChI is InChI=1S/C16H11ClF3N5S/c17-14-12(26-15(24-14)23-11-4-2-1-3-5-11)9-22-25-13-7-6-10(8-21-13)16(18,19)20/h1-9H,(H,21,25)(H,23,24)/b22-9+. The smallest absolute Gasteiger partial charge is 0.331 e. The summed E-state index contributed by atoms with van der Waals surface area (Å²) < 4.78 is 37.4. The number of hydrazone groups is 1. The van der Waals surface area contributed by atoms with Crippen molar-refractivity contribution in [3.63, 3.8) is 0 Å². The van der Waals surface area contributed by atoms with Gasteiger partial charge in [-0.05, 0) is 24.3 Å². The van der Waals surface area contributed by atoms with Crippen LogP contribution in [0.5, 0.6) is 0 Å². The topological polar surface area (TPSA) is 62.2 Å². The van der Waals surface area contributed by atoms with Gasteiger partial charge >= 0.3 is 6.18 Å². The van der Waals surface area contributed by atoms with Gasteiger partial charge in [-0.2, -0.15) is 18.3 Å². The molecular formula is C16H11ClF3N5S. The number of nitrogens with zero attached hydrogens (tertiary/aromatic N) is 3. The molecule has 0 saturated carbocycles. The van der Waals surface area contributed by atoms with E-state index in [1.54, 1.807) is 0 Å². The highest BCUT2D eigenvalue weighted by Gasteiger charge is 2.30. The molecule has 1 aromatic carbocycles. The lowest BCUT2D eigenvalue weighted by atomic mass is 10.3. The average Bonchev–Trinajstić information content (AvgIpc) is 2.95. The molecule has 2 aromatic heterocycles. The van der Waals surface area contributed by atoms with Crippen LogP contribution in [0, 0.1) is 0 Å². The molecule has 0 fully saturated rings. The largest absolute Gasteiger partial charge is 0.417 e. The van der Waals surface area contributed by atoms with Crippen LogP contribution in [0.25, 0.3) is 0 Å². The summed E-state index contributed by atoms with van der Waals surface area (Å²) in [5.74, 6) is 0.178. The number of hydrogen-bond donors (Lipinski definition) is 2. The van der Waals surface area contributed by atoms with Gasteiger partial charge in [0.15, 0.2) is 10.3 Å². The van der Waals surface area contributed by atoms with Crippen molar-refractivity contribution in [1.82, 2.24) is 9.97 Å². The molecule has 134 valence electrons. The molecule has 3 rings (SSSR count). The molecule has 0 amide bonds. The highest BCUT2D eigenvalue weighted by atomic mass is 35.5. The van der Waals surface area contributed by atoms with Gasteiger partial charge < -0.3 is 5.32 Å². The molecule has 26 heavy (non-hydrogen) atoms. The van der Waals surface area contributed by atoms with E-state index in [4.69, 9.17) is 11.6 Å². The van der Waals surface area contributed by atoms with Crippen LogP contribution in [0.1, 0.15) is 10.4 Å². The number of aromatic nitrogens is 2. The number of thiazole rings is 1. The first-order chi connectivity index (χ1) is 12.4. The van der Waals surface area contributed by atoms with Crippen molar-refractivity contribution in [2.45, 2.75) is 6.18 Å². The van der Waals surface area contributed by atoms with E-state index in [-0.39, 0.29) is 11.0 Å².